The fourth-order valence-electron chi connectivity index (χ4n) is 1.29. The average molecular weight is 198 g/mol. The maximum atomic E-state index is 8.44. The molecule has 15 heavy (non-hydrogen) atoms. The summed E-state index contributed by atoms with van der Waals surface area (Å²) in [6.07, 6.45) is 2.11. The molecule has 0 bridgehead atoms. The summed E-state index contributed by atoms with van der Waals surface area (Å²) in [5, 5.41) is 12.7. The highest BCUT2D eigenvalue weighted by Gasteiger charge is 2.02. The number of hydrogen-bond acceptors (Lipinski definition) is 3. The molecule has 0 N–H and O–H groups in total. The summed E-state index contributed by atoms with van der Waals surface area (Å²) in [4.78, 5) is 4.18. The summed E-state index contributed by atoms with van der Waals surface area (Å²) in [5.74, 6) is 0.702. The molecule has 4 heteroatoms. The summed E-state index contributed by atoms with van der Waals surface area (Å²) in [6, 6.07) is 11.9. The van der Waals surface area contributed by atoms with Crippen LogP contribution in [0.5, 0.6) is 0 Å². The SMILES string of the molecule is N#CCCn1cnc(-c2ccccc2)n1. The molecule has 4 nitrogen and oxygen atoms in total. The first-order chi connectivity index (χ1) is 7.40. The van der Waals surface area contributed by atoms with E-state index in [4.69, 9.17) is 5.26 Å². The van der Waals surface area contributed by atoms with E-state index in [1.165, 1.54) is 0 Å². The molecule has 0 aliphatic rings. The molecule has 0 aliphatic carbocycles. The highest BCUT2D eigenvalue weighted by Crippen LogP contribution is 2.12. The van der Waals surface area contributed by atoms with Gasteiger partial charge >= 0.3 is 0 Å². The number of hydrogen-bond donors (Lipinski definition) is 0. The molecule has 1 aromatic carbocycles. The molecule has 0 fully saturated rings. The van der Waals surface area contributed by atoms with E-state index in [9.17, 15) is 0 Å². The molecule has 0 unspecified atom stereocenters. The van der Waals surface area contributed by atoms with Crippen molar-refractivity contribution in [3.05, 3.63) is 36.7 Å². The highest BCUT2D eigenvalue weighted by atomic mass is 15.3. The lowest BCUT2D eigenvalue weighted by Crippen LogP contribution is -1.97. The number of rotatable bonds is 3. The third kappa shape index (κ3) is 2.20. The van der Waals surface area contributed by atoms with Crippen LogP contribution in [0.1, 0.15) is 6.42 Å². The van der Waals surface area contributed by atoms with E-state index in [1.54, 1.807) is 11.0 Å². The van der Waals surface area contributed by atoms with Crippen molar-refractivity contribution in [2.75, 3.05) is 0 Å². The predicted octanol–water partition coefficient (Wildman–Crippen LogP) is 1.86. The Morgan fingerprint density at radius 2 is 2.07 bits per heavy atom. The van der Waals surface area contributed by atoms with Crippen LogP contribution in [0.15, 0.2) is 36.7 Å². The molecule has 2 rings (SSSR count). The third-order valence-electron chi connectivity index (χ3n) is 2.02. The number of aryl methyl sites for hydroxylation is 1. The van der Waals surface area contributed by atoms with Crippen LogP contribution in [0, 0.1) is 11.3 Å². The van der Waals surface area contributed by atoms with Crippen molar-refractivity contribution in [3.8, 4) is 17.5 Å². The van der Waals surface area contributed by atoms with Gasteiger partial charge in [-0.15, -0.1) is 0 Å². The van der Waals surface area contributed by atoms with Crippen LogP contribution >= 0.6 is 0 Å². The van der Waals surface area contributed by atoms with Gasteiger partial charge in [-0.1, -0.05) is 30.3 Å². The van der Waals surface area contributed by atoms with Gasteiger partial charge in [0.1, 0.15) is 6.33 Å². The van der Waals surface area contributed by atoms with Gasteiger partial charge in [-0.2, -0.15) is 10.4 Å². The van der Waals surface area contributed by atoms with Crippen LogP contribution < -0.4 is 0 Å². The van der Waals surface area contributed by atoms with Crippen molar-refractivity contribution in [2.24, 2.45) is 0 Å². The molecule has 2 aromatic rings. The monoisotopic (exact) mass is 198 g/mol. The lowest BCUT2D eigenvalue weighted by Gasteiger charge is -1.94. The van der Waals surface area contributed by atoms with Crippen LogP contribution in [-0.2, 0) is 6.54 Å². The first-order valence-corrected chi connectivity index (χ1v) is 4.72. The summed E-state index contributed by atoms with van der Waals surface area (Å²) in [7, 11) is 0. The lowest BCUT2D eigenvalue weighted by molar-refractivity contribution is 0.627. The smallest absolute Gasteiger partial charge is 0.181 e. The van der Waals surface area contributed by atoms with Gasteiger partial charge in [-0.25, -0.2) is 4.98 Å². The van der Waals surface area contributed by atoms with Gasteiger partial charge in [0, 0.05) is 5.56 Å². The van der Waals surface area contributed by atoms with Crippen LogP contribution in [-0.4, -0.2) is 14.8 Å². The fourth-order valence-corrected chi connectivity index (χ4v) is 1.29. The molecule has 1 aromatic heterocycles. The van der Waals surface area contributed by atoms with Crippen molar-refractivity contribution < 1.29 is 0 Å². The molecular weight excluding hydrogens is 188 g/mol. The van der Waals surface area contributed by atoms with Crippen LogP contribution in [0.25, 0.3) is 11.4 Å². The van der Waals surface area contributed by atoms with E-state index < -0.39 is 0 Å². The minimum absolute atomic E-state index is 0.456. The van der Waals surface area contributed by atoms with E-state index in [0.717, 1.165) is 5.56 Å². The summed E-state index contributed by atoms with van der Waals surface area (Å²) in [6.45, 7) is 0.594. The Morgan fingerprint density at radius 3 is 2.80 bits per heavy atom. The van der Waals surface area contributed by atoms with Crippen LogP contribution in [0.2, 0.25) is 0 Å². The second-order valence-electron chi connectivity index (χ2n) is 3.11. The molecular formula is C11H10N4. The Balaban J connectivity index is 2.18. The van der Waals surface area contributed by atoms with E-state index in [1.807, 2.05) is 30.3 Å². The van der Waals surface area contributed by atoms with Gasteiger partial charge < -0.3 is 0 Å². The van der Waals surface area contributed by atoms with Crippen molar-refractivity contribution in [1.29, 1.82) is 5.26 Å². The van der Waals surface area contributed by atoms with Crippen molar-refractivity contribution in [1.82, 2.24) is 14.8 Å². The van der Waals surface area contributed by atoms with Gasteiger partial charge in [0.15, 0.2) is 5.82 Å². The molecule has 1 heterocycles. The maximum Gasteiger partial charge on any atom is 0.181 e. The minimum Gasteiger partial charge on any atom is -0.251 e. The minimum atomic E-state index is 0.456. The van der Waals surface area contributed by atoms with E-state index >= 15 is 0 Å². The third-order valence-corrected chi connectivity index (χ3v) is 2.02. The molecule has 0 radical (unpaired) electrons. The van der Waals surface area contributed by atoms with E-state index in [-0.39, 0.29) is 0 Å². The zero-order valence-electron chi connectivity index (χ0n) is 8.17. The Hall–Kier alpha value is -2.15. The second-order valence-corrected chi connectivity index (χ2v) is 3.11. The Morgan fingerprint density at radius 1 is 1.27 bits per heavy atom. The molecule has 0 saturated heterocycles. The molecule has 0 amide bonds. The Labute approximate surface area is 87.8 Å². The summed E-state index contributed by atoms with van der Waals surface area (Å²) in [5.41, 5.74) is 0.994. The zero-order chi connectivity index (χ0) is 10.5. The van der Waals surface area contributed by atoms with Crippen LogP contribution in [0.4, 0.5) is 0 Å². The van der Waals surface area contributed by atoms with Gasteiger partial charge in [-0.3, -0.25) is 4.68 Å². The Kier molecular flexibility index (Phi) is 2.75. The molecule has 0 atom stereocenters. The van der Waals surface area contributed by atoms with Gasteiger partial charge in [0.2, 0.25) is 0 Å². The topological polar surface area (TPSA) is 54.5 Å². The summed E-state index contributed by atoms with van der Waals surface area (Å²) < 4.78 is 1.69. The fraction of sp³-hybridized carbons (Fsp3) is 0.182. The average Bonchev–Trinajstić information content (AvgIpc) is 2.76. The normalized spacial score (nSPS) is 9.80. The van der Waals surface area contributed by atoms with Crippen molar-refractivity contribution in [2.45, 2.75) is 13.0 Å². The largest absolute Gasteiger partial charge is 0.251 e. The number of nitrogens with zero attached hydrogens (tertiary/aromatic N) is 4. The highest BCUT2D eigenvalue weighted by molar-refractivity contribution is 5.53. The van der Waals surface area contributed by atoms with Gasteiger partial charge in [0.25, 0.3) is 0 Å². The first kappa shape index (κ1) is 9.41. The Bertz CT molecular complexity index is 467. The molecule has 0 aliphatic heterocycles. The molecule has 74 valence electrons. The molecule has 0 spiro atoms. The second kappa shape index (κ2) is 4.38. The van der Waals surface area contributed by atoms with E-state index in [0.29, 0.717) is 18.8 Å². The van der Waals surface area contributed by atoms with Gasteiger partial charge in [0.05, 0.1) is 19.0 Å². The summed E-state index contributed by atoms with van der Waals surface area (Å²) >= 11 is 0. The number of aromatic nitrogens is 3. The predicted molar refractivity (Wildman–Crippen MR) is 55.7 cm³/mol. The first-order valence-electron chi connectivity index (χ1n) is 4.72. The number of benzene rings is 1. The van der Waals surface area contributed by atoms with Gasteiger partial charge in [-0.05, 0) is 0 Å². The van der Waals surface area contributed by atoms with Crippen LogP contribution in [0.3, 0.4) is 0 Å². The van der Waals surface area contributed by atoms with Crippen molar-refractivity contribution in [3.63, 3.8) is 0 Å². The number of nitriles is 1. The lowest BCUT2D eigenvalue weighted by atomic mass is 10.2. The molecule has 0 saturated carbocycles. The maximum absolute atomic E-state index is 8.44. The van der Waals surface area contributed by atoms with E-state index in [2.05, 4.69) is 16.2 Å². The standard InChI is InChI=1S/C11H10N4/c12-7-4-8-15-9-13-11(14-15)10-5-2-1-3-6-10/h1-3,5-6,9H,4,8H2. The van der Waals surface area contributed by atoms with Crippen molar-refractivity contribution >= 4 is 0 Å². The zero-order valence-corrected chi connectivity index (χ0v) is 8.17. The quantitative estimate of drug-likeness (QED) is 0.756.